The fourth-order valence-corrected chi connectivity index (χ4v) is 1.97. The zero-order valence-electron chi connectivity index (χ0n) is 8.10. The minimum absolute atomic E-state index is 0.0589. The lowest BCUT2D eigenvalue weighted by Gasteiger charge is -2.15. The van der Waals surface area contributed by atoms with E-state index in [1.165, 1.54) is 6.07 Å². The van der Waals surface area contributed by atoms with Crippen LogP contribution in [0.2, 0.25) is 0 Å². The van der Waals surface area contributed by atoms with Crippen LogP contribution in [0.15, 0.2) is 23.1 Å². The molecule has 1 aromatic rings. The van der Waals surface area contributed by atoms with E-state index >= 15 is 0 Å². The van der Waals surface area contributed by atoms with E-state index in [1.54, 1.807) is 17.8 Å². The summed E-state index contributed by atoms with van der Waals surface area (Å²) in [6.07, 6.45) is 1.96. The summed E-state index contributed by atoms with van der Waals surface area (Å²) < 4.78 is 13.4. The van der Waals surface area contributed by atoms with Gasteiger partial charge in [0.15, 0.2) is 0 Å². The summed E-state index contributed by atoms with van der Waals surface area (Å²) in [6, 6.07) is 5.25. The van der Waals surface area contributed by atoms with Crippen LogP contribution in [-0.2, 0) is 0 Å². The third kappa shape index (κ3) is 2.23. The first-order chi connectivity index (χ1) is 6.20. The highest BCUT2D eigenvalue weighted by Crippen LogP contribution is 2.27. The Morgan fingerprint density at radius 1 is 1.46 bits per heavy atom. The zero-order valence-corrected chi connectivity index (χ0v) is 8.91. The number of benzene rings is 1. The number of hydrogen-bond donors (Lipinski definition) is 1. The van der Waals surface area contributed by atoms with Gasteiger partial charge < -0.3 is 5.32 Å². The maximum Gasteiger partial charge on any atom is 0.129 e. The molecule has 0 heterocycles. The van der Waals surface area contributed by atoms with Crippen LogP contribution in [-0.4, -0.2) is 13.3 Å². The minimum atomic E-state index is -0.131. The van der Waals surface area contributed by atoms with Gasteiger partial charge in [-0.25, -0.2) is 4.39 Å². The van der Waals surface area contributed by atoms with Crippen LogP contribution >= 0.6 is 11.8 Å². The van der Waals surface area contributed by atoms with Crippen molar-refractivity contribution < 1.29 is 4.39 Å². The zero-order chi connectivity index (χ0) is 9.84. The Kier molecular flexibility index (Phi) is 3.75. The molecule has 0 amide bonds. The van der Waals surface area contributed by atoms with Gasteiger partial charge >= 0.3 is 0 Å². The summed E-state index contributed by atoms with van der Waals surface area (Å²) in [5.41, 5.74) is 0.762. The van der Waals surface area contributed by atoms with Crippen molar-refractivity contribution >= 4 is 11.8 Å². The van der Waals surface area contributed by atoms with Gasteiger partial charge in [0.2, 0.25) is 0 Å². The van der Waals surface area contributed by atoms with Gasteiger partial charge in [-0.2, -0.15) is 0 Å². The molecule has 0 spiro atoms. The highest BCUT2D eigenvalue weighted by molar-refractivity contribution is 7.98. The van der Waals surface area contributed by atoms with Gasteiger partial charge in [0.1, 0.15) is 5.82 Å². The van der Waals surface area contributed by atoms with Gasteiger partial charge in [-0.1, -0.05) is 6.07 Å². The Balaban J connectivity index is 3.14. The van der Waals surface area contributed by atoms with Crippen LogP contribution in [0.5, 0.6) is 0 Å². The fraction of sp³-hybridized carbons (Fsp3) is 0.400. The van der Waals surface area contributed by atoms with Crippen molar-refractivity contribution in [3.8, 4) is 0 Å². The van der Waals surface area contributed by atoms with E-state index in [0.717, 1.165) is 10.5 Å². The van der Waals surface area contributed by atoms with Crippen LogP contribution in [0.25, 0.3) is 0 Å². The molecule has 0 aliphatic heterocycles. The smallest absolute Gasteiger partial charge is 0.129 e. The van der Waals surface area contributed by atoms with Crippen LogP contribution in [0.1, 0.15) is 18.5 Å². The van der Waals surface area contributed by atoms with E-state index < -0.39 is 0 Å². The maximum atomic E-state index is 13.4. The molecule has 0 bridgehead atoms. The highest BCUT2D eigenvalue weighted by atomic mass is 32.2. The second-order valence-corrected chi connectivity index (χ2v) is 3.71. The molecule has 1 aromatic carbocycles. The summed E-state index contributed by atoms with van der Waals surface area (Å²) in [6.45, 7) is 1.96. The molecule has 1 N–H and O–H groups in total. The Morgan fingerprint density at radius 2 is 2.15 bits per heavy atom. The summed E-state index contributed by atoms with van der Waals surface area (Å²) >= 11 is 1.57. The lowest BCUT2D eigenvalue weighted by Crippen LogP contribution is -2.14. The van der Waals surface area contributed by atoms with Gasteiger partial charge in [-0.3, -0.25) is 0 Å². The molecule has 1 nitrogen and oxygen atoms in total. The molecular weight excluding hydrogens is 185 g/mol. The SMILES string of the molecule is CNC(C)c1c(F)cccc1SC. The fourth-order valence-electron chi connectivity index (χ4n) is 1.26. The molecule has 3 heteroatoms. The first-order valence-electron chi connectivity index (χ1n) is 4.20. The second-order valence-electron chi connectivity index (χ2n) is 2.87. The van der Waals surface area contributed by atoms with Crippen molar-refractivity contribution in [2.45, 2.75) is 17.9 Å². The van der Waals surface area contributed by atoms with Crippen molar-refractivity contribution in [1.82, 2.24) is 5.32 Å². The number of hydrogen-bond acceptors (Lipinski definition) is 2. The topological polar surface area (TPSA) is 12.0 Å². The first-order valence-corrected chi connectivity index (χ1v) is 5.42. The Labute approximate surface area is 82.7 Å². The monoisotopic (exact) mass is 199 g/mol. The van der Waals surface area contributed by atoms with E-state index in [-0.39, 0.29) is 11.9 Å². The van der Waals surface area contributed by atoms with E-state index in [4.69, 9.17) is 0 Å². The molecule has 0 saturated heterocycles. The lowest BCUT2D eigenvalue weighted by atomic mass is 10.1. The average Bonchev–Trinajstić information content (AvgIpc) is 2.16. The van der Waals surface area contributed by atoms with Gasteiger partial charge in [0.05, 0.1) is 0 Å². The predicted octanol–water partition coefficient (Wildman–Crippen LogP) is 2.83. The molecule has 1 rings (SSSR count). The lowest BCUT2D eigenvalue weighted by molar-refractivity contribution is 0.552. The molecule has 0 aliphatic carbocycles. The third-order valence-electron chi connectivity index (χ3n) is 2.10. The largest absolute Gasteiger partial charge is 0.313 e. The third-order valence-corrected chi connectivity index (χ3v) is 2.89. The number of halogens is 1. The molecule has 1 atom stereocenters. The molecule has 72 valence electrons. The van der Waals surface area contributed by atoms with E-state index in [0.29, 0.717) is 0 Å². The Bertz CT molecular complexity index is 288. The summed E-state index contributed by atoms with van der Waals surface area (Å²) in [5.74, 6) is -0.131. The predicted molar refractivity (Wildman–Crippen MR) is 55.7 cm³/mol. The standard InChI is InChI=1S/C10H14FNS/c1-7(12-2)10-8(11)5-4-6-9(10)13-3/h4-7,12H,1-3H3. The second kappa shape index (κ2) is 4.63. The molecule has 1 unspecified atom stereocenters. The van der Waals surface area contributed by atoms with Crippen molar-refractivity contribution in [3.05, 3.63) is 29.6 Å². The van der Waals surface area contributed by atoms with Gasteiger partial charge in [0.25, 0.3) is 0 Å². The van der Waals surface area contributed by atoms with Crippen LogP contribution < -0.4 is 5.32 Å². The molecule has 13 heavy (non-hydrogen) atoms. The average molecular weight is 199 g/mol. The molecule has 0 fully saturated rings. The van der Waals surface area contributed by atoms with Gasteiger partial charge in [0, 0.05) is 16.5 Å². The van der Waals surface area contributed by atoms with E-state index in [2.05, 4.69) is 5.32 Å². The Morgan fingerprint density at radius 3 is 2.69 bits per heavy atom. The number of thioether (sulfide) groups is 1. The van der Waals surface area contributed by atoms with Gasteiger partial charge in [-0.05, 0) is 32.4 Å². The molecule has 0 aromatic heterocycles. The number of nitrogens with one attached hydrogen (secondary N) is 1. The quantitative estimate of drug-likeness (QED) is 0.751. The van der Waals surface area contributed by atoms with E-state index in [1.807, 2.05) is 26.3 Å². The molecular formula is C10H14FNS. The van der Waals surface area contributed by atoms with Crippen molar-refractivity contribution in [3.63, 3.8) is 0 Å². The summed E-state index contributed by atoms with van der Waals surface area (Å²) in [5, 5.41) is 3.04. The van der Waals surface area contributed by atoms with Crippen LogP contribution in [0.3, 0.4) is 0 Å². The first kappa shape index (κ1) is 10.5. The molecule has 0 radical (unpaired) electrons. The highest BCUT2D eigenvalue weighted by Gasteiger charge is 2.12. The molecule has 0 aliphatic rings. The summed E-state index contributed by atoms with van der Waals surface area (Å²) in [4.78, 5) is 1.00. The van der Waals surface area contributed by atoms with Crippen molar-refractivity contribution in [2.75, 3.05) is 13.3 Å². The maximum absolute atomic E-state index is 13.4. The number of rotatable bonds is 3. The summed E-state index contributed by atoms with van der Waals surface area (Å²) in [7, 11) is 1.83. The van der Waals surface area contributed by atoms with E-state index in [9.17, 15) is 4.39 Å². The minimum Gasteiger partial charge on any atom is -0.313 e. The molecule has 0 saturated carbocycles. The van der Waals surface area contributed by atoms with Crippen molar-refractivity contribution in [1.29, 1.82) is 0 Å². The normalized spacial score (nSPS) is 12.9. The Hall–Kier alpha value is -0.540. The van der Waals surface area contributed by atoms with Crippen molar-refractivity contribution in [2.24, 2.45) is 0 Å². The van der Waals surface area contributed by atoms with Crippen LogP contribution in [0, 0.1) is 5.82 Å². The van der Waals surface area contributed by atoms with Gasteiger partial charge in [-0.15, -0.1) is 11.8 Å². The van der Waals surface area contributed by atoms with Crippen LogP contribution in [0.4, 0.5) is 4.39 Å².